The summed E-state index contributed by atoms with van der Waals surface area (Å²) in [5.41, 5.74) is 10.9. The molecule has 0 aromatic heterocycles. The minimum absolute atomic E-state index is 0.000637. The zero-order valence-electron chi connectivity index (χ0n) is 10.2. The summed E-state index contributed by atoms with van der Waals surface area (Å²) >= 11 is 0. The molecule has 0 aliphatic heterocycles. The quantitative estimate of drug-likeness (QED) is 0.254. The lowest BCUT2D eigenvalue weighted by Gasteiger charge is -2.35. The maximum Gasteiger partial charge on any atom is 0.277 e. The van der Waals surface area contributed by atoms with Gasteiger partial charge in [0, 0.05) is 13.2 Å². The molecule has 4 atom stereocenters. The topological polar surface area (TPSA) is 102 Å². The smallest absolute Gasteiger partial charge is 0.277 e. The van der Waals surface area contributed by atoms with E-state index in [1.165, 1.54) is 0 Å². The third-order valence-corrected chi connectivity index (χ3v) is 3.31. The van der Waals surface area contributed by atoms with Crippen molar-refractivity contribution < 1.29 is 14.9 Å². The standard InChI is InChI=1S/C11H23BN2O3/c13-5-2-6-17-10-4-1-3-8(9(15)7-14)11(10)12-16/h1,4,8-12,15-16H,2-3,5-7,13-14H2/t8-,9?,10-,11?/m1/s1. The molecule has 0 aromatic rings. The van der Waals surface area contributed by atoms with Crippen molar-refractivity contribution in [3.63, 3.8) is 0 Å². The Balaban J connectivity index is 2.57. The van der Waals surface area contributed by atoms with E-state index < -0.39 is 6.10 Å². The Morgan fingerprint density at radius 1 is 1.47 bits per heavy atom. The van der Waals surface area contributed by atoms with Crippen LogP contribution in [0.15, 0.2) is 12.2 Å². The predicted molar refractivity (Wildman–Crippen MR) is 68.8 cm³/mol. The molecule has 0 bridgehead atoms. The summed E-state index contributed by atoms with van der Waals surface area (Å²) in [4.78, 5) is 0. The van der Waals surface area contributed by atoms with Gasteiger partial charge >= 0.3 is 0 Å². The third-order valence-electron chi connectivity index (χ3n) is 3.31. The number of ether oxygens (including phenoxy) is 1. The van der Waals surface area contributed by atoms with Crippen LogP contribution in [0.1, 0.15) is 12.8 Å². The lowest BCUT2D eigenvalue weighted by atomic mass is 9.63. The molecule has 1 aliphatic carbocycles. The minimum Gasteiger partial charge on any atom is -0.453 e. The summed E-state index contributed by atoms with van der Waals surface area (Å²) in [5.74, 6) is -0.116. The van der Waals surface area contributed by atoms with E-state index in [0.717, 1.165) is 12.8 Å². The molecule has 2 unspecified atom stereocenters. The SMILES string of the molecule is NCCCO[C@@H]1C=CC[C@H](C(O)CN)C1BO. The van der Waals surface area contributed by atoms with Gasteiger partial charge in [-0.15, -0.1) is 0 Å². The van der Waals surface area contributed by atoms with Crippen LogP contribution in [0, 0.1) is 5.92 Å². The van der Waals surface area contributed by atoms with Crippen molar-refractivity contribution in [3.8, 4) is 0 Å². The van der Waals surface area contributed by atoms with Crippen molar-refractivity contribution in [1.82, 2.24) is 0 Å². The molecule has 17 heavy (non-hydrogen) atoms. The predicted octanol–water partition coefficient (Wildman–Crippen LogP) is -1.25. The average molecular weight is 242 g/mol. The first kappa shape index (κ1) is 14.7. The third kappa shape index (κ3) is 4.08. The van der Waals surface area contributed by atoms with Crippen LogP contribution in [0.4, 0.5) is 0 Å². The minimum atomic E-state index is -0.585. The summed E-state index contributed by atoms with van der Waals surface area (Å²) in [6.45, 7) is 1.38. The highest BCUT2D eigenvalue weighted by Gasteiger charge is 2.35. The normalized spacial score (nSPS) is 30.2. The van der Waals surface area contributed by atoms with Gasteiger partial charge in [-0.05, 0) is 31.1 Å². The van der Waals surface area contributed by atoms with E-state index in [4.69, 9.17) is 16.2 Å². The molecule has 1 aliphatic rings. The Hall–Kier alpha value is -0.395. The highest BCUT2D eigenvalue weighted by atomic mass is 16.5. The van der Waals surface area contributed by atoms with Crippen molar-refractivity contribution in [2.75, 3.05) is 19.7 Å². The molecule has 0 fully saturated rings. The molecule has 0 radical (unpaired) electrons. The van der Waals surface area contributed by atoms with Gasteiger partial charge in [-0.2, -0.15) is 0 Å². The maximum atomic E-state index is 9.83. The largest absolute Gasteiger partial charge is 0.453 e. The van der Waals surface area contributed by atoms with Crippen LogP contribution in [0.5, 0.6) is 0 Å². The molecule has 0 aromatic carbocycles. The second kappa shape index (κ2) is 7.84. The molecule has 1 rings (SSSR count). The monoisotopic (exact) mass is 242 g/mol. The van der Waals surface area contributed by atoms with Gasteiger partial charge in [0.15, 0.2) is 0 Å². The van der Waals surface area contributed by atoms with Crippen LogP contribution < -0.4 is 11.5 Å². The summed E-state index contributed by atoms with van der Waals surface area (Å²) < 4.78 is 5.67. The fourth-order valence-electron chi connectivity index (χ4n) is 2.27. The Morgan fingerprint density at radius 3 is 2.82 bits per heavy atom. The van der Waals surface area contributed by atoms with Gasteiger partial charge in [0.05, 0.1) is 12.2 Å². The number of allylic oxidation sites excluding steroid dienone is 1. The Morgan fingerprint density at radius 2 is 2.24 bits per heavy atom. The molecule has 0 saturated carbocycles. The maximum absolute atomic E-state index is 9.83. The van der Waals surface area contributed by atoms with Crippen molar-refractivity contribution in [1.29, 1.82) is 0 Å². The fraction of sp³-hybridized carbons (Fsp3) is 0.818. The van der Waals surface area contributed by atoms with E-state index in [1.54, 1.807) is 0 Å². The molecule has 0 heterocycles. The van der Waals surface area contributed by atoms with Gasteiger partial charge in [0.25, 0.3) is 7.48 Å². The van der Waals surface area contributed by atoms with Crippen LogP contribution in [-0.4, -0.2) is 49.5 Å². The molecule has 0 saturated heterocycles. The number of hydrogen-bond acceptors (Lipinski definition) is 5. The van der Waals surface area contributed by atoms with Crippen molar-refractivity contribution in [2.45, 2.75) is 30.9 Å². The van der Waals surface area contributed by atoms with Gasteiger partial charge in [-0.25, -0.2) is 0 Å². The van der Waals surface area contributed by atoms with E-state index in [2.05, 4.69) is 0 Å². The zero-order chi connectivity index (χ0) is 12.7. The number of rotatable bonds is 7. The Kier molecular flexibility index (Phi) is 6.76. The summed E-state index contributed by atoms with van der Waals surface area (Å²) in [6.07, 6.45) is 4.75. The first-order chi connectivity index (χ1) is 8.24. The van der Waals surface area contributed by atoms with Gasteiger partial charge in [0.2, 0.25) is 0 Å². The first-order valence-electron chi connectivity index (χ1n) is 6.21. The lowest BCUT2D eigenvalue weighted by Crippen LogP contribution is -2.40. The van der Waals surface area contributed by atoms with Gasteiger partial charge in [0.1, 0.15) is 0 Å². The van der Waals surface area contributed by atoms with E-state index in [-0.39, 0.29) is 31.9 Å². The molecule has 0 amide bonds. The Labute approximate surface area is 103 Å². The van der Waals surface area contributed by atoms with Crippen molar-refractivity contribution >= 4 is 7.48 Å². The number of aliphatic hydroxyl groups is 1. The van der Waals surface area contributed by atoms with Gasteiger partial charge in [-0.3, -0.25) is 0 Å². The molecule has 0 spiro atoms. The van der Waals surface area contributed by atoms with Crippen LogP contribution in [0.25, 0.3) is 0 Å². The summed E-state index contributed by atoms with van der Waals surface area (Å²) in [6, 6.07) is 0. The Bertz CT molecular complexity index is 241. The summed E-state index contributed by atoms with van der Waals surface area (Å²) in [5, 5.41) is 19.3. The van der Waals surface area contributed by atoms with Crippen LogP contribution in [-0.2, 0) is 4.74 Å². The second-order valence-corrected chi connectivity index (χ2v) is 4.45. The van der Waals surface area contributed by atoms with E-state index in [9.17, 15) is 10.1 Å². The van der Waals surface area contributed by atoms with E-state index in [1.807, 2.05) is 12.2 Å². The molecule has 5 nitrogen and oxygen atoms in total. The highest BCUT2D eigenvalue weighted by molar-refractivity contribution is 6.28. The molecular weight excluding hydrogens is 219 g/mol. The number of nitrogens with two attached hydrogens (primary N) is 2. The lowest BCUT2D eigenvalue weighted by molar-refractivity contribution is 0.0287. The van der Waals surface area contributed by atoms with E-state index in [0.29, 0.717) is 13.2 Å². The van der Waals surface area contributed by atoms with Gasteiger partial charge in [-0.1, -0.05) is 12.2 Å². The fourth-order valence-corrected chi connectivity index (χ4v) is 2.27. The van der Waals surface area contributed by atoms with Gasteiger partial charge < -0.3 is 26.3 Å². The highest BCUT2D eigenvalue weighted by Crippen LogP contribution is 2.34. The number of hydrogen-bond donors (Lipinski definition) is 4. The zero-order valence-corrected chi connectivity index (χ0v) is 10.2. The number of aliphatic hydroxyl groups excluding tert-OH is 1. The van der Waals surface area contributed by atoms with Crippen molar-refractivity contribution in [2.24, 2.45) is 17.4 Å². The molecule has 6 N–H and O–H groups in total. The second-order valence-electron chi connectivity index (χ2n) is 4.45. The van der Waals surface area contributed by atoms with Crippen molar-refractivity contribution in [3.05, 3.63) is 12.2 Å². The first-order valence-corrected chi connectivity index (χ1v) is 6.21. The molecular formula is C11H23BN2O3. The van der Waals surface area contributed by atoms with E-state index >= 15 is 0 Å². The summed E-state index contributed by atoms with van der Waals surface area (Å²) in [7, 11) is -0.000637. The van der Waals surface area contributed by atoms with Crippen LogP contribution in [0.3, 0.4) is 0 Å². The van der Waals surface area contributed by atoms with Crippen LogP contribution in [0.2, 0.25) is 5.82 Å². The van der Waals surface area contributed by atoms with Crippen LogP contribution >= 0.6 is 0 Å². The average Bonchev–Trinajstić information content (AvgIpc) is 2.37. The molecule has 98 valence electrons. The molecule has 6 heteroatoms.